The molecule has 1 saturated heterocycles. The van der Waals surface area contributed by atoms with Crippen LogP contribution in [0.5, 0.6) is 11.5 Å². The maximum atomic E-state index is 13.0. The average molecular weight is 473 g/mol. The number of pyridine rings is 1. The largest absolute Gasteiger partial charge is 0.457 e. The first kappa shape index (κ1) is 23.5. The SMILES string of the molecule is O=C(CCc1cccc(Oc2ccc(F)cc2)c1)NC1CCN(c2ccc(C(F)(F)F)cn2)C1. The molecule has 1 atom stereocenters. The van der Waals surface area contributed by atoms with Gasteiger partial charge in [0.05, 0.1) is 5.56 Å². The molecular weight excluding hydrogens is 450 g/mol. The maximum Gasteiger partial charge on any atom is 0.417 e. The Kier molecular flexibility index (Phi) is 7.00. The van der Waals surface area contributed by atoms with Crippen LogP contribution in [0.4, 0.5) is 23.4 Å². The Balaban J connectivity index is 1.25. The molecule has 1 aromatic heterocycles. The van der Waals surface area contributed by atoms with Crippen LogP contribution in [0.25, 0.3) is 0 Å². The number of carbonyl (C=O) groups excluding carboxylic acids is 1. The molecule has 178 valence electrons. The van der Waals surface area contributed by atoms with Crippen LogP contribution in [0.2, 0.25) is 0 Å². The van der Waals surface area contributed by atoms with Gasteiger partial charge in [0.15, 0.2) is 0 Å². The summed E-state index contributed by atoms with van der Waals surface area (Å²) in [7, 11) is 0. The van der Waals surface area contributed by atoms with Crippen molar-refractivity contribution in [1.82, 2.24) is 10.3 Å². The predicted molar refractivity (Wildman–Crippen MR) is 119 cm³/mol. The first-order chi connectivity index (χ1) is 16.3. The minimum absolute atomic E-state index is 0.0928. The molecule has 0 bridgehead atoms. The second-order valence-corrected chi connectivity index (χ2v) is 8.11. The van der Waals surface area contributed by atoms with E-state index < -0.39 is 11.7 Å². The number of rotatable bonds is 7. The number of hydrogen-bond acceptors (Lipinski definition) is 4. The number of benzene rings is 2. The molecule has 34 heavy (non-hydrogen) atoms. The highest BCUT2D eigenvalue weighted by molar-refractivity contribution is 5.76. The standard InChI is InChI=1S/C25H23F4N3O2/c26-19-6-8-21(9-7-19)34-22-3-1-2-17(14-22)4-11-24(33)31-20-12-13-32(16-20)23-10-5-18(15-30-23)25(27,28)29/h1-3,5-10,14-15,20H,4,11-13,16H2,(H,31,33). The molecule has 5 nitrogen and oxygen atoms in total. The summed E-state index contributed by atoms with van der Waals surface area (Å²) in [5.74, 6) is 1.14. The lowest BCUT2D eigenvalue weighted by Crippen LogP contribution is -2.37. The minimum atomic E-state index is -4.42. The van der Waals surface area contributed by atoms with Gasteiger partial charge in [-0.25, -0.2) is 9.37 Å². The van der Waals surface area contributed by atoms with E-state index in [1.54, 1.807) is 18.2 Å². The lowest BCUT2D eigenvalue weighted by Gasteiger charge is -2.18. The van der Waals surface area contributed by atoms with Crippen LogP contribution in [0, 0.1) is 5.82 Å². The van der Waals surface area contributed by atoms with Crippen molar-refractivity contribution in [1.29, 1.82) is 0 Å². The number of aryl methyl sites for hydroxylation is 1. The molecule has 0 radical (unpaired) electrons. The van der Waals surface area contributed by atoms with Gasteiger partial charge in [0.25, 0.3) is 0 Å². The number of halogens is 4. The number of nitrogens with one attached hydrogen (secondary N) is 1. The van der Waals surface area contributed by atoms with Crippen molar-refractivity contribution >= 4 is 11.7 Å². The third kappa shape index (κ3) is 6.24. The van der Waals surface area contributed by atoms with Crippen LogP contribution in [-0.2, 0) is 17.4 Å². The van der Waals surface area contributed by atoms with Crippen molar-refractivity contribution in [3.8, 4) is 11.5 Å². The van der Waals surface area contributed by atoms with Crippen LogP contribution in [0.1, 0.15) is 24.0 Å². The van der Waals surface area contributed by atoms with Gasteiger partial charge >= 0.3 is 6.18 Å². The number of aromatic nitrogens is 1. The van der Waals surface area contributed by atoms with Crippen LogP contribution in [-0.4, -0.2) is 30.0 Å². The summed E-state index contributed by atoms with van der Waals surface area (Å²) >= 11 is 0. The lowest BCUT2D eigenvalue weighted by atomic mass is 10.1. The van der Waals surface area contributed by atoms with Gasteiger partial charge in [0.2, 0.25) is 5.91 Å². The highest BCUT2D eigenvalue weighted by atomic mass is 19.4. The second-order valence-electron chi connectivity index (χ2n) is 8.11. The number of anilines is 1. The smallest absolute Gasteiger partial charge is 0.417 e. The van der Waals surface area contributed by atoms with Crippen molar-refractivity contribution in [2.24, 2.45) is 0 Å². The summed E-state index contributed by atoms with van der Waals surface area (Å²) < 4.78 is 56.9. The van der Waals surface area contributed by atoms with E-state index in [0.29, 0.717) is 43.2 Å². The maximum absolute atomic E-state index is 13.0. The van der Waals surface area contributed by atoms with Crippen LogP contribution < -0.4 is 15.0 Å². The molecule has 9 heteroatoms. The van der Waals surface area contributed by atoms with Crippen molar-refractivity contribution in [3.05, 3.63) is 83.8 Å². The Bertz CT molecular complexity index is 1120. The van der Waals surface area contributed by atoms with Gasteiger partial charge < -0.3 is 15.0 Å². The first-order valence-corrected chi connectivity index (χ1v) is 10.9. The Morgan fingerprint density at radius 3 is 2.59 bits per heavy atom. The summed E-state index contributed by atoms with van der Waals surface area (Å²) in [6, 6.07) is 15.4. The average Bonchev–Trinajstić information content (AvgIpc) is 3.27. The van der Waals surface area contributed by atoms with Gasteiger partial charge in [-0.15, -0.1) is 0 Å². The van der Waals surface area contributed by atoms with E-state index in [1.165, 1.54) is 18.2 Å². The third-order valence-electron chi connectivity index (χ3n) is 5.54. The summed E-state index contributed by atoms with van der Waals surface area (Å²) in [6.07, 6.45) is -2.09. The Morgan fingerprint density at radius 1 is 1.09 bits per heavy atom. The zero-order valence-corrected chi connectivity index (χ0v) is 18.2. The van der Waals surface area contributed by atoms with E-state index in [9.17, 15) is 22.4 Å². The topological polar surface area (TPSA) is 54.5 Å². The summed E-state index contributed by atoms with van der Waals surface area (Å²) in [6.45, 7) is 1.09. The normalized spacial score (nSPS) is 15.9. The van der Waals surface area contributed by atoms with Gasteiger partial charge in [-0.3, -0.25) is 4.79 Å². The van der Waals surface area contributed by atoms with Crippen LogP contribution >= 0.6 is 0 Å². The molecule has 1 aliphatic heterocycles. The second kappa shape index (κ2) is 10.1. The first-order valence-electron chi connectivity index (χ1n) is 10.9. The summed E-state index contributed by atoms with van der Waals surface area (Å²) in [4.78, 5) is 18.2. The molecule has 1 N–H and O–H groups in total. The molecule has 2 heterocycles. The van der Waals surface area contributed by atoms with E-state index in [4.69, 9.17) is 4.74 Å². The van der Waals surface area contributed by atoms with Gasteiger partial charge in [-0.1, -0.05) is 12.1 Å². The van der Waals surface area contributed by atoms with E-state index in [1.807, 2.05) is 23.1 Å². The fourth-order valence-electron chi connectivity index (χ4n) is 3.79. The monoisotopic (exact) mass is 473 g/mol. The van der Waals surface area contributed by atoms with Crippen molar-refractivity contribution in [2.45, 2.75) is 31.5 Å². The number of alkyl halides is 3. The molecule has 1 amide bonds. The van der Waals surface area contributed by atoms with Gasteiger partial charge in [0, 0.05) is 31.7 Å². The minimum Gasteiger partial charge on any atom is -0.457 e. The van der Waals surface area contributed by atoms with E-state index in [-0.39, 0.29) is 24.2 Å². The van der Waals surface area contributed by atoms with Crippen LogP contribution in [0.3, 0.4) is 0 Å². The van der Waals surface area contributed by atoms with Crippen molar-refractivity contribution < 1.29 is 27.1 Å². The van der Waals surface area contributed by atoms with Gasteiger partial charge in [-0.2, -0.15) is 13.2 Å². The van der Waals surface area contributed by atoms with Gasteiger partial charge in [-0.05, 0) is 66.9 Å². The van der Waals surface area contributed by atoms with Gasteiger partial charge in [0.1, 0.15) is 23.1 Å². The summed E-state index contributed by atoms with van der Waals surface area (Å²) in [5, 5.41) is 2.99. The Hall–Kier alpha value is -3.62. The molecular formula is C25H23F4N3O2. The zero-order chi connectivity index (χ0) is 24.1. The number of amides is 1. The van der Waals surface area contributed by atoms with Crippen molar-refractivity contribution in [3.63, 3.8) is 0 Å². The molecule has 0 aliphatic carbocycles. The highest BCUT2D eigenvalue weighted by Crippen LogP contribution is 2.30. The fraction of sp³-hybridized carbons (Fsp3) is 0.280. The fourth-order valence-corrected chi connectivity index (χ4v) is 3.79. The molecule has 2 aromatic carbocycles. The lowest BCUT2D eigenvalue weighted by molar-refractivity contribution is -0.137. The molecule has 3 aromatic rings. The number of carbonyl (C=O) groups is 1. The van der Waals surface area contributed by atoms with E-state index >= 15 is 0 Å². The number of nitrogens with zero attached hydrogens (tertiary/aromatic N) is 2. The highest BCUT2D eigenvalue weighted by Gasteiger charge is 2.31. The molecule has 1 unspecified atom stereocenters. The number of hydrogen-bond donors (Lipinski definition) is 1. The molecule has 4 rings (SSSR count). The quantitative estimate of drug-likeness (QED) is 0.470. The predicted octanol–water partition coefficient (Wildman–Crippen LogP) is 5.36. The van der Waals surface area contributed by atoms with E-state index in [0.717, 1.165) is 17.8 Å². The Morgan fingerprint density at radius 2 is 1.88 bits per heavy atom. The number of ether oxygens (including phenoxy) is 1. The summed E-state index contributed by atoms with van der Waals surface area (Å²) in [5.41, 5.74) is 0.143. The molecule has 0 spiro atoms. The molecule has 1 fully saturated rings. The Labute approximate surface area is 194 Å². The molecule has 1 aliphatic rings. The zero-order valence-electron chi connectivity index (χ0n) is 18.2. The third-order valence-corrected chi connectivity index (χ3v) is 5.54. The van der Waals surface area contributed by atoms with Crippen molar-refractivity contribution in [2.75, 3.05) is 18.0 Å². The van der Waals surface area contributed by atoms with Crippen LogP contribution in [0.15, 0.2) is 66.9 Å². The van der Waals surface area contributed by atoms with E-state index in [2.05, 4.69) is 10.3 Å². The molecule has 0 saturated carbocycles.